The Morgan fingerprint density at radius 2 is 1.76 bits per heavy atom. The van der Waals surface area contributed by atoms with E-state index in [1.807, 2.05) is 0 Å². The van der Waals surface area contributed by atoms with Crippen LogP contribution in [0.3, 0.4) is 0 Å². The van der Waals surface area contributed by atoms with Crippen molar-refractivity contribution in [2.45, 2.75) is 91.6 Å². The molecule has 0 aromatic heterocycles. The van der Waals surface area contributed by atoms with Gasteiger partial charge in [-0.25, -0.2) is 0 Å². The number of ether oxygens (including phenoxy) is 1. The van der Waals surface area contributed by atoms with Crippen molar-refractivity contribution < 1.29 is 14.3 Å². The summed E-state index contributed by atoms with van der Waals surface area (Å²) >= 11 is 0. The van der Waals surface area contributed by atoms with Crippen LogP contribution >= 0.6 is 0 Å². The first-order chi connectivity index (χ1) is 11.7. The van der Waals surface area contributed by atoms with Crippen molar-refractivity contribution in [3.8, 4) is 0 Å². The molecule has 7 unspecified atom stereocenters. The van der Waals surface area contributed by atoms with Gasteiger partial charge in [0, 0.05) is 18.8 Å². The lowest BCUT2D eigenvalue weighted by Crippen LogP contribution is -2.58. The highest BCUT2D eigenvalue weighted by molar-refractivity contribution is 5.87. The summed E-state index contributed by atoms with van der Waals surface area (Å²) in [4.78, 5) is 23.9. The molecular formula is C22H34O3. The number of fused-ring (bicyclic) bond motifs is 5. The van der Waals surface area contributed by atoms with Gasteiger partial charge in [-0.3, -0.25) is 9.59 Å². The molecule has 0 N–H and O–H groups in total. The van der Waals surface area contributed by atoms with Crippen LogP contribution in [0.2, 0.25) is 0 Å². The molecule has 0 aromatic carbocycles. The highest BCUT2D eigenvalue weighted by Gasteiger charge is 2.63. The van der Waals surface area contributed by atoms with Crippen LogP contribution in [0.25, 0.3) is 0 Å². The fourth-order valence-corrected chi connectivity index (χ4v) is 7.69. The average Bonchev–Trinajstić information content (AvgIpc) is 2.84. The van der Waals surface area contributed by atoms with Gasteiger partial charge in [-0.05, 0) is 80.0 Å². The van der Waals surface area contributed by atoms with E-state index in [1.54, 1.807) is 0 Å². The van der Waals surface area contributed by atoms with Crippen LogP contribution in [0.4, 0.5) is 0 Å². The monoisotopic (exact) mass is 346 g/mol. The maximum atomic E-state index is 12.5. The SMILES string of the molecule is CC(=O)OC1CCC2(C)C3CCC4(C)C(=O)CCC4C3CCC2(C)C1. The summed E-state index contributed by atoms with van der Waals surface area (Å²) in [5.74, 6) is 2.49. The zero-order valence-electron chi connectivity index (χ0n) is 16.4. The molecule has 0 spiro atoms. The first-order valence-electron chi connectivity index (χ1n) is 10.4. The van der Waals surface area contributed by atoms with Crippen LogP contribution < -0.4 is 0 Å². The third-order valence-electron chi connectivity index (χ3n) is 9.37. The van der Waals surface area contributed by atoms with Gasteiger partial charge < -0.3 is 4.74 Å². The zero-order valence-corrected chi connectivity index (χ0v) is 16.4. The first kappa shape index (κ1) is 17.5. The molecule has 0 bridgehead atoms. The number of hydrogen-bond acceptors (Lipinski definition) is 3. The van der Waals surface area contributed by atoms with Gasteiger partial charge in [-0.2, -0.15) is 0 Å². The average molecular weight is 347 g/mol. The minimum atomic E-state index is -0.135. The molecule has 4 aliphatic rings. The van der Waals surface area contributed by atoms with Gasteiger partial charge in [0.15, 0.2) is 0 Å². The van der Waals surface area contributed by atoms with E-state index in [0.29, 0.717) is 17.1 Å². The number of carbonyl (C=O) groups excluding carboxylic acids is 2. The predicted octanol–water partition coefficient (Wildman–Crippen LogP) is 4.92. The van der Waals surface area contributed by atoms with Crippen LogP contribution in [-0.4, -0.2) is 17.9 Å². The third-order valence-corrected chi connectivity index (χ3v) is 9.37. The number of Topliss-reactive ketones (excluding diaryl/α,β-unsaturated/α-hetero) is 1. The van der Waals surface area contributed by atoms with Crippen LogP contribution in [0.1, 0.15) is 85.5 Å². The molecule has 4 rings (SSSR count). The Morgan fingerprint density at radius 3 is 2.48 bits per heavy atom. The van der Waals surface area contributed by atoms with Crippen molar-refractivity contribution >= 4 is 11.8 Å². The Kier molecular flexibility index (Phi) is 3.91. The summed E-state index contributed by atoms with van der Waals surface area (Å²) in [6.45, 7) is 8.77. The van der Waals surface area contributed by atoms with Crippen LogP contribution in [0.5, 0.6) is 0 Å². The third kappa shape index (κ3) is 2.36. The quantitative estimate of drug-likeness (QED) is 0.633. The second kappa shape index (κ2) is 5.57. The normalized spacial score (nSPS) is 52.1. The standard InChI is InChI=1S/C22H34O3/c1-14(23)25-15-7-12-22(4)18-9-11-21(3)17(5-6-19(21)24)16(18)8-10-20(22,2)13-15/h15-18H,5-13H2,1-4H3. The molecule has 0 amide bonds. The Morgan fingerprint density at radius 1 is 1.00 bits per heavy atom. The highest BCUT2D eigenvalue weighted by Crippen LogP contribution is 2.69. The molecule has 3 heteroatoms. The van der Waals surface area contributed by atoms with Gasteiger partial charge in [0.1, 0.15) is 11.9 Å². The Bertz CT molecular complexity index is 598. The van der Waals surface area contributed by atoms with Gasteiger partial charge in [0.25, 0.3) is 0 Å². The summed E-state index contributed by atoms with van der Waals surface area (Å²) in [7, 11) is 0. The van der Waals surface area contributed by atoms with Gasteiger partial charge in [0.05, 0.1) is 0 Å². The summed E-state index contributed by atoms with van der Waals surface area (Å²) in [6.07, 6.45) is 10.0. The van der Waals surface area contributed by atoms with E-state index in [9.17, 15) is 9.59 Å². The van der Waals surface area contributed by atoms with Gasteiger partial charge in [0.2, 0.25) is 0 Å². The second-order valence-electron chi connectivity index (χ2n) is 10.3. The van der Waals surface area contributed by atoms with E-state index in [2.05, 4.69) is 20.8 Å². The molecule has 0 aliphatic heterocycles. The van der Waals surface area contributed by atoms with E-state index >= 15 is 0 Å². The van der Waals surface area contributed by atoms with Crippen LogP contribution in [0, 0.1) is 34.0 Å². The van der Waals surface area contributed by atoms with Crippen molar-refractivity contribution in [1.29, 1.82) is 0 Å². The highest BCUT2D eigenvalue weighted by atomic mass is 16.5. The van der Waals surface area contributed by atoms with E-state index < -0.39 is 0 Å². The smallest absolute Gasteiger partial charge is 0.302 e. The number of esters is 1. The predicted molar refractivity (Wildman–Crippen MR) is 96.9 cm³/mol. The molecule has 4 aliphatic carbocycles. The number of hydrogen-bond donors (Lipinski definition) is 0. The Hall–Kier alpha value is -0.860. The molecule has 4 saturated carbocycles. The van der Waals surface area contributed by atoms with Crippen molar-refractivity contribution in [3.63, 3.8) is 0 Å². The van der Waals surface area contributed by atoms with Crippen molar-refractivity contribution in [2.75, 3.05) is 0 Å². The molecule has 0 radical (unpaired) electrons. The van der Waals surface area contributed by atoms with Gasteiger partial charge in [-0.15, -0.1) is 0 Å². The summed E-state index contributed by atoms with van der Waals surface area (Å²) in [5, 5.41) is 0. The molecule has 4 fully saturated rings. The minimum Gasteiger partial charge on any atom is -0.463 e. The maximum Gasteiger partial charge on any atom is 0.302 e. The van der Waals surface area contributed by atoms with E-state index in [4.69, 9.17) is 4.74 Å². The van der Waals surface area contributed by atoms with E-state index in [1.165, 1.54) is 32.6 Å². The first-order valence-corrected chi connectivity index (χ1v) is 10.4. The Labute approximate surface area is 152 Å². The molecule has 7 atom stereocenters. The number of rotatable bonds is 1. The van der Waals surface area contributed by atoms with E-state index in [-0.39, 0.29) is 22.9 Å². The largest absolute Gasteiger partial charge is 0.463 e. The lowest BCUT2D eigenvalue weighted by Gasteiger charge is -2.64. The fourth-order valence-electron chi connectivity index (χ4n) is 7.69. The zero-order chi connectivity index (χ0) is 18.0. The number of carbonyl (C=O) groups is 2. The van der Waals surface area contributed by atoms with Gasteiger partial charge >= 0.3 is 5.97 Å². The van der Waals surface area contributed by atoms with E-state index in [0.717, 1.165) is 43.9 Å². The molecule has 25 heavy (non-hydrogen) atoms. The molecule has 140 valence electrons. The van der Waals surface area contributed by atoms with Gasteiger partial charge in [-0.1, -0.05) is 20.8 Å². The second-order valence-corrected chi connectivity index (χ2v) is 10.3. The lowest BCUT2D eigenvalue weighted by molar-refractivity contribution is -0.181. The summed E-state index contributed by atoms with van der Waals surface area (Å²) in [6, 6.07) is 0. The topological polar surface area (TPSA) is 43.4 Å². The lowest BCUT2D eigenvalue weighted by atomic mass is 9.40. The molecule has 0 heterocycles. The molecule has 3 nitrogen and oxygen atoms in total. The fraction of sp³-hybridized carbons (Fsp3) is 0.909. The summed E-state index contributed by atoms with van der Waals surface area (Å²) in [5.41, 5.74) is 0.572. The molecule has 0 aromatic rings. The van der Waals surface area contributed by atoms with Crippen LogP contribution in [-0.2, 0) is 14.3 Å². The molecule has 0 saturated heterocycles. The number of ketones is 1. The minimum absolute atomic E-state index is 0.0276. The van der Waals surface area contributed by atoms with Crippen molar-refractivity contribution in [3.05, 3.63) is 0 Å². The Balaban J connectivity index is 1.60. The van der Waals surface area contributed by atoms with Crippen molar-refractivity contribution in [1.82, 2.24) is 0 Å². The van der Waals surface area contributed by atoms with Crippen LogP contribution in [0.15, 0.2) is 0 Å². The summed E-state index contributed by atoms with van der Waals surface area (Å²) < 4.78 is 5.60. The molecular weight excluding hydrogens is 312 g/mol. The van der Waals surface area contributed by atoms with Crippen molar-refractivity contribution in [2.24, 2.45) is 34.0 Å². The maximum absolute atomic E-state index is 12.5.